The Kier molecular flexibility index (Phi) is 9.12. The van der Waals surface area contributed by atoms with Gasteiger partial charge in [-0.2, -0.15) is 0 Å². The number of rotatable bonds is 9. The molecule has 7 heteroatoms. The summed E-state index contributed by atoms with van der Waals surface area (Å²) in [5.74, 6) is 0. The summed E-state index contributed by atoms with van der Waals surface area (Å²) in [5, 5.41) is 6.28. The number of hydrogen-bond donors (Lipinski definition) is 2. The molecule has 0 bridgehead atoms. The van der Waals surface area contributed by atoms with E-state index in [0.29, 0.717) is 13.2 Å². The first-order chi connectivity index (χ1) is 10.8. The number of methoxy groups -OCH3 is 1. The maximum Gasteiger partial charge on any atom is 0.407 e. The van der Waals surface area contributed by atoms with Gasteiger partial charge in [0, 0.05) is 31.1 Å². The first-order valence-corrected chi connectivity index (χ1v) is 9.34. The number of halogens is 1. The number of alkyl carbamates (subject to hydrolysis) is 1. The van der Waals surface area contributed by atoms with Gasteiger partial charge >= 0.3 is 6.09 Å². The SMILES string of the molecule is COCC(CCCNC(=O)OC(C)(C)C)NCc1ccc(Br)s1. The van der Waals surface area contributed by atoms with Crippen molar-refractivity contribution in [2.75, 3.05) is 20.3 Å². The van der Waals surface area contributed by atoms with Crippen molar-refractivity contribution >= 4 is 33.4 Å². The molecule has 0 radical (unpaired) electrons. The van der Waals surface area contributed by atoms with Crippen LogP contribution in [0.4, 0.5) is 4.79 Å². The lowest BCUT2D eigenvalue weighted by Gasteiger charge is -2.20. The molecule has 2 N–H and O–H groups in total. The van der Waals surface area contributed by atoms with E-state index in [1.807, 2.05) is 20.8 Å². The predicted molar refractivity (Wildman–Crippen MR) is 98.0 cm³/mol. The molecule has 0 aliphatic heterocycles. The smallest absolute Gasteiger partial charge is 0.407 e. The van der Waals surface area contributed by atoms with Crippen molar-refractivity contribution in [3.05, 3.63) is 20.8 Å². The Morgan fingerprint density at radius 2 is 2.13 bits per heavy atom. The molecule has 1 unspecified atom stereocenters. The number of carbonyl (C=O) groups excluding carboxylic acids is 1. The minimum atomic E-state index is -0.459. The molecule has 1 rings (SSSR count). The topological polar surface area (TPSA) is 59.6 Å². The molecule has 0 saturated carbocycles. The summed E-state index contributed by atoms with van der Waals surface area (Å²) in [4.78, 5) is 12.8. The summed E-state index contributed by atoms with van der Waals surface area (Å²) in [7, 11) is 1.70. The number of carbonyl (C=O) groups is 1. The predicted octanol–water partition coefficient (Wildman–Crippen LogP) is 3.92. The highest BCUT2D eigenvalue weighted by atomic mass is 79.9. The fourth-order valence-electron chi connectivity index (χ4n) is 1.99. The van der Waals surface area contributed by atoms with Crippen molar-refractivity contribution in [2.45, 2.75) is 51.8 Å². The van der Waals surface area contributed by atoms with Gasteiger partial charge in [-0.3, -0.25) is 0 Å². The molecule has 1 atom stereocenters. The Labute approximate surface area is 151 Å². The minimum Gasteiger partial charge on any atom is -0.444 e. The quantitative estimate of drug-likeness (QED) is 0.610. The van der Waals surface area contributed by atoms with Crippen LogP contribution in [0, 0.1) is 0 Å². The lowest BCUT2D eigenvalue weighted by atomic mass is 10.1. The zero-order chi connectivity index (χ0) is 17.3. The Bertz CT molecular complexity index is 474. The molecule has 0 aromatic carbocycles. The summed E-state index contributed by atoms with van der Waals surface area (Å²) in [6.07, 6.45) is 1.43. The number of nitrogens with one attached hydrogen (secondary N) is 2. The molecule has 0 fully saturated rings. The van der Waals surface area contributed by atoms with Crippen molar-refractivity contribution in [3.63, 3.8) is 0 Å². The van der Waals surface area contributed by atoms with E-state index < -0.39 is 5.60 Å². The van der Waals surface area contributed by atoms with E-state index in [1.165, 1.54) is 4.88 Å². The van der Waals surface area contributed by atoms with Crippen LogP contribution in [0.3, 0.4) is 0 Å². The van der Waals surface area contributed by atoms with Crippen LogP contribution in [0.25, 0.3) is 0 Å². The molecule has 0 saturated heterocycles. The summed E-state index contributed by atoms with van der Waals surface area (Å²) in [6, 6.07) is 4.43. The lowest BCUT2D eigenvalue weighted by Crippen LogP contribution is -2.35. The van der Waals surface area contributed by atoms with Crippen LogP contribution in [-0.2, 0) is 16.0 Å². The summed E-state index contributed by atoms with van der Waals surface area (Å²) >= 11 is 5.19. The monoisotopic (exact) mass is 406 g/mol. The van der Waals surface area contributed by atoms with Crippen molar-refractivity contribution in [1.82, 2.24) is 10.6 Å². The van der Waals surface area contributed by atoms with E-state index in [9.17, 15) is 4.79 Å². The third-order valence-electron chi connectivity index (χ3n) is 2.96. The van der Waals surface area contributed by atoms with Gasteiger partial charge in [0.1, 0.15) is 5.60 Å². The van der Waals surface area contributed by atoms with Crippen LogP contribution in [0.15, 0.2) is 15.9 Å². The Morgan fingerprint density at radius 3 is 2.70 bits per heavy atom. The van der Waals surface area contributed by atoms with Crippen molar-refractivity contribution in [3.8, 4) is 0 Å². The zero-order valence-corrected chi connectivity index (χ0v) is 16.7. The summed E-state index contributed by atoms with van der Waals surface area (Å²) < 4.78 is 11.6. The van der Waals surface area contributed by atoms with Gasteiger partial charge in [0.2, 0.25) is 0 Å². The van der Waals surface area contributed by atoms with Crippen LogP contribution < -0.4 is 10.6 Å². The van der Waals surface area contributed by atoms with Crippen LogP contribution in [-0.4, -0.2) is 38.0 Å². The van der Waals surface area contributed by atoms with E-state index in [4.69, 9.17) is 9.47 Å². The second-order valence-electron chi connectivity index (χ2n) is 6.31. The first-order valence-electron chi connectivity index (χ1n) is 7.73. The molecule has 1 aromatic heterocycles. The Hall–Kier alpha value is -0.630. The zero-order valence-electron chi connectivity index (χ0n) is 14.3. The van der Waals surface area contributed by atoms with E-state index in [1.54, 1.807) is 18.4 Å². The van der Waals surface area contributed by atoms with Crippen molar-refractivity contribution in [2.24, 2.45) is 0 Å². The molecule has 1 amide bonds. The largest absolute Gasteiger partial charge is 0.444 e. The number of ether oxygens (including phenoxy) is 2. The summed E-state index contributed by atoms with van der Waals surface area (Å²) in [5.41, 5.74) is -0.459. The third-order valence-corrected chi connectivity index (χ3v) is 4.58. The standard InChI is InChI=1S/C16H27BrN2O3S/c1-16(2,3)22-15(20)18-9-5-6-12(11-21-4)19-10-13-7-8-14(17)23-13/h7-8,12,19H,5-6,9-11H2,1-4H3,(H,18,20). The van der Waals surface area contributed by atoms with Gasteiger partial charge < -0.3 is 20.1 Å². The molecule has 5 nitrogen and oxygen atoms in total. The normalized spacial score (nSPS) is 12.9. The average Bonchev–Trinajstić information content (AvgIpc) is 2.84. The van der Waals surface area contributed by atoms with Gasteiger partial charge in [-0.25, -0.2) is 4.79 Å². The van der Waals surface area contributed by atoms with Crippen LogP contribution >= 0.6 is 27.3 Å². The van der Waals surface area contributed by atoms with E-state index >= 15 is 0 Å². The Balaban J connectivity index is 2.23. The van der Waals surface area contributed by atoms with Gasteiger partial charge in [0.25, 0.3) is 0 Å². The Morgan fingerprint density at radius 1 is 1.39 bits per heavy atom. The molecule has 1 heterocycles. The fourth-order valence-corrected chi connectivity index (χ4v) is 3.42. The molecule has 0 aliphatic carbocycles. The van der Waals surface area contributed by atoms with Gasteiger partial charge in [-0.05, 0) is 61.7 Å². The van der Waals surface area contributed by atoms with Crippen molar-refractivity contribution in [1.29, 1.82) is 0 Å². The molecule has 0 spiro atoms. The fraction of sp³-hybridized carbons (Fsp3) is 0.688. The molecular weight excluding hydrogens is 380 g/mol. The highest BCUT2D eigenvalue weighted by molar-refractivity contribution is 9.11. The average molecular weight is 407 g/mol. The third kappa shape index (κ3) is 9.96. The molecule has 0 aliphatic rings. The van der Waals surface area contributed by atoms with E-state index in [0.717, 1.165) is 23.2 Å². The second kappa shape index (κ2) is 10.3. The molecule has 23 heavy (non-hydrogen) atoms. The maximum atomic E-state index is 11.6. The molecule has 132 valence electrons. The van der Waals surface area contributed by atoms with Crippen LogP contribution in [0.2, 0.25) is 0 Å². The maximum absolute atomic E-state index is 11.6. The second-order valence-corrected chi connectivity index (χ2v) is 8.86. The summed E-state index contributed by atoms with van der Waals surface area (Å²) in [6.45, 7) is 7.64. The van der Waals surface area contributed by atoms with Gasteiger partial charge in [-0.1, -0.05) is 0 Å². The van der Waals surface area contributed by atoms with Gasteiger partial charge in [0.15, 0.2) is 0 Å². The van der Waals surface area contributed by atoms with Crippen molar-refractivity contribution < 1.29 is 14.3 Å². The molecule has 1 aromatic rings. The van der Waals surface area contributed by atoms with E-state index in [-0.39, 0.29) is 12.1 Å². The molecular formula is C16H27BrN2O3S. The number of thiophene rings is 1. The highest BCUT2D eigenvalue weighted by Crippen LogP contribution is 2.21. The van der Waals surface area contributed by atoms with Crippen LogP contribution in [0.5, 0.6) is 0 Å². The number of amides is 1. The van der Waals surface area contributed by atoms with E-state index in [2.05, 4.69) is 38.7 Å². The van der Waals surface area contributed by atoms with Crippen LogP contribution in [0.1, 0.15) is 38.5 Å². The lowest BCUT2D eigenvalue weighted by molar-refractivity contribution is 0.0526. The number of hydrogen-bond acceptors (Lipinski definition) is 5. The van der Waals surface area contributed by atoms with Gasteiger partial charge in [0.05, 0.1) is 10.4 Å². The highest BCUT2D eigenvalue weighted by Gasteiger charge is 2.15. The minimum absolute atomic E-state index is 0.265. The first kappa shape index (κ1) is 20.4. The van der Waals surface area contributed by atoms with Gasteiger partial charge in [-0.15, -0.1) is 11.3 Å².